The van der Waals surface area contributed by atoms with Gasteiger partial charge in [-0.1, -0.05) is 54.6 Å². The van der Waals surface area contributed by atoms with Gasteiger partial charge in [0.1, 0.15) is 6.04 Å². The highest BCUT2D eigenvalue weighted by molar-refractivity contribution is 5.83. The normalized spacial score (nSPS) is 13.5. The summed E-state index contributed by atoms with van der Waals surface area (Å²) < 4.78 is 0. The number of nitrogens with one attached hydrogen (secondary N) is 1. The molecular weight excluding hydrogens is 260 g/mol. The van der Waals surface area contributed by atoms with Crippen molar-refractivity contribution in [2.75, 3.05) is 0 Å². The fourth-order valence-electron chi connectivity index (χ4n) is 2.36. The Balaban J connectivity index is 1.95. The van der Waals surface area contributed by atoms with Crippen molar-refractivity contribution in [2.24, 2.45) is 5.73 Å². The van der Waals surface area contributed by atoms with Gasteiger partial charge in [0.25, 0.3) is 0 Å². The van der Waals surface area contributed by atoms with Gasteiger partial charge >= 0.3 is 0 Å². The second-order valence-corrected chi connectivity index (χ2v) is 5.43. The second-order valence-electron chi connectivity index (χ2n) is 5.43. The topological polar surface area (TPSA) is 55.1 Å². The van der Waals surface area contributed by atoms with Crippen LogP contribution in [-0.4, -0.2) is 11.9 Å². The molecule has 110 valence electrons. The molecule has 2 rings (SSSR count). The molecule has 3 N–H and O–H groups in total. The number of nitrogens with two attached hydrogens (primary N) is 1. The Kier molecular flexibility index (Phi) is 5.12. The van der Waals surface area contributed by atoms with Crippen molar-refractivity contribution in [2.45, 2.75) is 32.4 Å². The van der Waals surface area contributed by atoms with E-state index in [4.69, 9.17) is 5.73 Å². The number of aryl methyl sites for hydroxylation is 1. The predicted octanol–water partition coefficient (Wildman–Crippen LogP) is 2.74. The molecule has 0 radical (unpaired) electrons. The monoisotopic (exact) mass is 282 g/mol. The molecule has 2 aromatic carbocycles. The molecule has 0 aliphatic rings. The van der Waals surface area contributed by atoms with E-state index in [2.05, 4.69) is 24.4 Å². The van der Waals surface area contributed by atoms with Crippen LogP contribution in [0, 0.1) is 6.92 Å². The minimum atomic E-state index is -0.620. The highest BCUT2D eigenvalue weighted by Gasteiger charge is 2.17. The molecule has 0 heterocycles. The fourth-order valence-corrected chi connectivity index (χ4v) is 2.36. The maximum absolute atomic E-state index is 12.2. The molecule has 0 fully saturated rings. The van der Waals surface area contributed by atoms with Crippen LogP contribution in [0.15, 0.2) is 54.6 Å². The summed E-state index contributed by atoms with van der Waals surface area (Å²) in [6.45, 7) is 4.08. The molecule has 21 heavy (non-hydrogen) atoms. The molecule has 0 aliphatic carbocycles. The molecule has 2 aromatic rings. The number of carbonyl (C=O) groups excluding carboxylic acids is 1. The van der Waals surface area contributed by atoms with E-state index in [9.17, 15) is 4.79 Å². The third-order valence-corrected chi connectivity index (χ3v) is 3.62. The minimum absolute atomic E-state index is 0.0494. The smallest absolute Gasteiger partial charge is 0.241 e. The number of benzene rings is 2. The maximum atomic E-state index is 12.2. The average molecular weight is 282 g/mol. The zero-order valence-electron chi connectivity index (χ0n) is 12.5. The van der Waals surface area contributed by atoms with Gasteiger partial charge in [-0.25, -0.2) is 0 Å². The summed E-state index contributed by atoms with van der Waals surface area (Å²) in [4.78, 5) is 12.2. The number of hydrogen-bond acceptors (Lipinski definition) is 2. The molecule has 0 aromatic heterocycles. The number of amides is 1. The summed E-state index contributed by atoms with van der Waals surface area (Å²) in [5, 5.41) is 2.99. The molecule has 1 unspecified atom stereocenters. The number of rotatable bonds is 5. The van der Waals surface area contributed by atoms with Crippen LogP contribution in [0.3, 0.4) is 0 Å². The SMILES string of the molecule is Cc1ccccc1CC(C)NC(=O)[C@H](N)c1ccccc1. The predicted molar refractivity (Wildman–Crippen MR) is 85.9 cm³/mol. The van der Waals surface area contributed by atoms with E-state index in [1.165, 1.54) is 11.1 Å². The lowest BCUT2D eigenvalue weighted by molar-refractivity contribution is -0.123. The fraction of sp³-hybridized carbons (Fsp3) is 0.278. The van der Waals surface area contributed by atoms with Gasteiger partial charge in [-0.15, -0.1) is 0 Å². The Morgan fingerprint density at radius 3 is 2.38 bits per heavy atom. The van der Waals surface area contributed by atoms with E-state index in [1.54, 1.807) is 0 Å². The van der Waals surface area contributed by atoms with Crippen LogP contribution in [0.1, 0.15) is 29.7 Å². The lowest BCUT2D eigenvalue weighted by atomic mass is 10.0. The molecular formula is C18H22N2O. The molecule has 1 amide bonds. The quantitative estimate of drug-likeness (QED) is 0.886. The standard InChI is InChI=1S/C18H22N2O/c1-13-8-6-7-11-16(13)12-14(2)20-18(21)17(19)15-9-4-3-5-10-15/h3-11,14,17H,12,19H2,1-2H3,(H,20,21)/t14?,17-/m1/s1. The molecule has 3 nitrogen and oxygen atoms in total. The van der Waals surface area contributed by atoms with E-state index in [0.717, 1.165) is 12.0 Å². The van der Waals surface area contributed by atoms with Gasteiger partial charge < -0.3 is 11.1 Å². The van der Waals surface area contributed by atoms with Crippen molar-refractivity contribution in [1.82, 2.24) is 5.32 Å². The molecule has 0 spiro atoms. The van der Waals surface area contributed by atoms with Gasteiger partial charge in [-0.2, -0.15) is 0 Å². The van der Waals surface area contributed by atoms with Gasteiger partial charge in [0.15, 0.2) is 0 Å². The van der Waals surface area contributed by atoms with Crippen LogP contribution in [-0.2, 0) is 11.2 Å². The molecule has 0 saturated carbocycles. The van der Waals surface area contributed by atoms with Crippen LogP contribution in [0.4, 0.5) is 0 Å². The van der Waals surface area contributed by atoms with Crippen molar-refractivity contribution in [3.63, 3.8) is 0 Å². The van der Waals surface area contributed by atoms with Crippen molar-refractivity contribution in [1.29, 1.82) is 0 Å². The zero-order chi connectivity index (χ0) is 15.2. The largest absolute Gasteiger partial charge is 0.352 e. The Morgan fingerprint density at radius 1 is 1.10 bits per heavy atom. The molecule has 3 heteroatoms. The van der Waals surface area contributed by atoms with Crippen molar-refractivity contribution in [3.8, 4) is 0 Å². The highest BCUT2D eigenvalue weighted by Crippen LogP contribution is 2.12. The first-order chi connectivity index (χ1) is 10.1. The highest BCUT2D eigenvalue weighted by atomic mass is 16.2. The van der Waals surface area contributed by atoms with Gasteiger partial charge in [-0.3, -0.25) is 4.79 Å². The van der Waals surface area contributed by atoms with E-state index in [1.807, 2.05) is 49.4 Å². The summed E-state index contributed by atoms with van der Waals surface area (Å²) in [6.07, 6.45) is 0.805. The van der Waals surface area contributed by atoms with Crippen LogP contribution in [0.2, 0.25) is 0 Å². The molecule has 0 saturated heterocycles. The van der Waals surface area contributed by atoms with Gasteiger partial charge in [0.2, 0.25) is 5.91 Å². The molecule has 0 bridgehead atoms. The Labute approximate surface area is 126 Å². The van der Waals surface area contributed by atoms with Crippen LogP contribution < -0.4 is 11.1 Å². The number of carbonyl (C=O) groups is 1. The molecule has 2 atom stereocenters. The summed E-state index contributed by atoms with van der Waals surface area (Å²) in [6, 6.07) is 17.1. The summed E-state index contributed by atoms with van der Waals surface area (Å²) in [7, 11) is 0. The van der Waals surface area contributed by atoms with E-state index < -0.39 is 6.04 Å². The van der Waals surface area contributed by atoms with E-state index in [0.29, 0.717) is 0 Å². The first kappa shape index (κ1) is 15.3. The molecule has 0 aliphatic heterocycles. The number of hydrogen-bond donors (Lipinski definition) is 2. The second kappa shape index (κ2) is 7.04. The first-order valence-electron chi connectivity index (χ1n) is 7.23. The van der Waals surface area contributed by atoms with E-state index >= 15 is 0 Å². The lowest BCUT2D eigenvalue weighted by Crippen LogP contribution is -2.40. The third kappa shape index (κ3) is 4.17. The Bertz CT molecular complexity index is 595. The Hall–Kier alpha value is -2.13. The Morgan fingerprint density at radius 2 is 1.71 bits per heavy atom. The lowest BCUT2D eigenvalue weighted by Gasteiger charge is -2.18. The van der Waals surface area contributed by atoms with Crippen molar-refractivity contribution < 1.29 is 4.79 Å². The van der Waals surface area contributed by atoms with Gasteiger partial charge in [0.05, 0.1) is 0 Å². The van der Waals surface area contributed by atoms with Crippen LogP contribution in [0.5, 0.6) is 0 Å². The van der Waals surface area contributed by atoms with Crippen LogP contribution in [0.25, 0.3) is 0 Å². The minimum Gasteiger partial charge on any atom is -0.352 e. The zero-order valence-corrected chi connectivity index (χ0v) is 12.5. The van der Waals surface area contributed by atoms with Gasteiger partial charge in [-0.05, 0) is 37.0 Å². The first-order valence-corrected chi connectivity index (χ1v) is 7.23. The van der Waals surface area contributed by atoms with E-state index in [-0.39, 0.29) is 11.9 Å². The van der Waals surface area contributed by atoms with Crippen molar-refractivity contribution in [3.05, 3.63) is 71.3 Å². The summed E-state index contributed by atoms with van der Waals surface area (Å²) in [5.74, 6) is -0.137. The average Bonchev–Trinajstić information content (AvgIpc) is 2.49. The van der Waals surface area contributed by atoms with Crippen molar-refractivity contribution >= 4 is 5.91 Å². The summed E-state index contributed by atoms with van der Waals surface area (Å²) in [5.41, 5.74) is 9.32. The maximum Gasteiger partial charge on any atom is 0.241 e. The summed E-state index contributed by atoms with van der Waals surface area (Å²) >= 11 is 0. The third-order valence-electron chi connectivity index (χ3n) is 3.62. The van der Waals surface area contributed by atoms with Crippen LogP contribution >= 0.6 is 0 Å². The van der Waals surface area contributed by atoms with Gasteiger partial charge in [0, 0.05) is 6.04 Å².